The van der Waals surface area contributed by atoms with Crippen molar-refractivity contribution < 1.29 is 0 Å². The van der Waals surface area contributed by atoms with Gasteiger partial charge in [-0.05, 0) is 32.1 Å². The van der Waals surface area contributed by atoms with Gasteiger partial charge < -0.3 is 5.43 Å². The van der Waals surface area contributed by atoms with E-state index in [1.165, 1.54) is 37.8 Å². The van der Waals surface area contributed by atoms with Crippen molar-refractivity contribution in [1.82, 2.24) is 5.43 Å². The number of rotatable bonds is 2. The molecule has 0 heterocycles. The van der Waals surface area contributed by atoms with Crippen LogP contribution >= 0.6 is 0 Å². The fraction of sp³-hybridized carbons (Fsp3) is 0.857. The fourth-order valence-electron chi connectivity index (χ4n) is 0.842. The third-order valence-electron chi connectivity index (χ3n) is 1.91. The minimum Gasteiger partial charge on any atom is -0.307 e. The Morgan fingerprint density at radius 1 is 1.33 bits per heavy atom. The van der Waals surface area contributed by atoms with Gasteiger partial charge in [-0.2, -0.15) is 5.10 Å². The summed E-state index contributed by atoms with van der Waals surface area (Å²) in [4.78, 5) is 0. The monoisotopic (exact) mass is 124 g/mol. The summed E-state index contributed by atoms with van der Waals surface area (Å²) in [7, 11) is 0. The molecule has 9 heavy (non-hydrogen) atoms. The topological polar surface area (TPSA) is 24.4 Å². The van der Waals surface area contributed by atoms with Crippen LogP contribution in [0.1, 0.15) is 32.1 Å². The summed E-state index contributed by atoms with van der Waals surface area (Å²) in [5.41, 5.74) is 4.52. The molecule has 50 valence electrons. The Kier molecular flexibility index (Phi) is 1.18. The molecule has 0 saturated heterocycles. The molecule has 2 rings (SSSR count). The molecule has 0 aromatic heterocycles. The molecule has 0 amide bonds. The van der Waals surface area contributed by atoms with Crippen LogP contribution in [0.25, 0.3) is 0 Å². The third-order valence-corrected chi connectivity index (χ3v) is 1.91. The first-order valence-electron chi connectivity index (χ1n) is 3.76. The van der Waals surface area contributed by atoms with Crippen LogP contribution in [0, 0.1) is 0 Å². The van der Waals surface area contributed by atoms with Gasteiger partial charge in [0.25, 0.3) is 0 Å². The van der Waals surface area contributed by atoms with E-state index in [2.05, 4.69) is 10.5 Å². The lowest BCUT2D eigenvalue weighted by atomic mass is 9.98. The molecule has 0 aromatic rings. The lowest BCUT2D eigenvalue weighted by molar-refractivity contribution is 0.697. The van der Waals surface area contributed by atoms with Crippen molar-refractivity contribution in [2.45, 2.75) is 38.1 Å². The highest BCUT2D eigenvalue weighted by Gasteiger charge is 2.20. The van der Waals surface area contributed by atoms with Crippen LogP contribution in [0.5, 0.6) is 0 Å². The molecule has 0 bridgehead atoms. The van der Waals surface area contributed by atoms with Gasteiger partial charge in [-0.1, -0.05) is 0 Å². The average molecular weight is 124 g/mol. The molecule has 2 saturated carbocycles. The van der Waals surface area contributed by atoms with Crippen LogP contribution in [0.2, 0.25) is 0 Å². The molecular weight excluding hydrogens is 112 g/mol. The molecule has 2 heteroatoms. The van der Waals surface area contributed by atoms with E-state index in [0.717, 1.165) is 6.04 Å². The molecule has 0 aliphatic heterocycles. The summed E-state index contributed by atoms with van der Waals surface area (Å²) >= 11 is 0. The summed E-state index contributed by atoms with van der Waals surface area (Å²) in [6.07, 6.45) is 6.48. The van der Waals surface area contributed by atoms with Gasteiger partial charge in [0, 0.05) is 11.8 Å². The van der Waals surface area contributed by atoms with Gasteiger partial charge in [0.15, 0.2) is 0 Å². The fourth-order valence-corrected chi connectivity index (χ4v) is 0.842. The minimum absolute atomic E-state index is 0.734. The SMILES string of the molecule is C1CC(=NNC2CC2)C1. The van der Waals surface area contributed by atoms with Gasteiger partial charge in [0.1, 0.15) is 0 Å². The normalized spacial score (nSPS) is 25.1. The van der Waals surface area contributed by atoms with E-state index >= 15 is 0 Å². The number of hydrogen-bond donors (Lipinski definition) is 1. The summed E-state index contributed by atoms with van der Waals surface area (Å²) in [6.45, 7) is 0. The molecular formula is C7H12N2. The first-order valence-corrected chi connectivity index (χ1v) is 3.76. The first kappa shape index (κ1) is 5.27. The largest absolute Gasteiger partial charge is 0.307 e. The standard InChI is InChI=1S/C7H12N2/c1-2-6(3-1)8-9-7-4-5-7/h7,9H,1-5H2. The molecule has 1 N–H and O–H groups in total. The van der Waals surface area contributed by atoms with Crippen LogP contribution in [0.15, 0.2) is 5.10 Å². The smallest absolute Gasteiger partial charge is 0.0441 e. The average Bonchev–Trinajstić information content (AvgIpc) is 2.44. The maximum absolute atomic E-state index is 4.26. The maximum Gasteiger partial charge on any atom is 0.0441 e. The Labute approximate surface area is 55.3 Å². The van der Waals surface area contributed by atoms with E-state index in [-0.39, 0.29) is 0 Å². The third kappa shape index (κ3) is 1.23. The van der Waals surface area contributed by atoms with Crippen molar-refractivity contribution in [2.24, 2.45) is 5.10 Å². The van der Waals surface area contributed by atoms with Crippen molar-refractivity contribution in [3.63, 3.8) is 0 Å². The second-order valence-corrected chi connectivity index (χ2v) is 2.93. The zero-order chi connectivity index (χ0) is 6.10. The Hall–Kier alpha value is -0.530. The molecule has 0 spiro atoms. The maximum atomic E-state index is 4.26. The zero-order valence-corrected chi connectivity index (χ0v) is 5.56. The molecule has 2 nitrogen and oxygen atoms in total. The lowest BCUT2D eigenvalue weighted by Crippen LogP contribution is -2.17. The van der Waals surface area contributed by atoms with E-state index in [9.17, 15) is 0 Å². The van der Waals surface area contributed by atoms with Crippen molar-refractivity contribution in [3.05, 3.63) is 0 Å². The van der Waals surface area contributed by atoms with Crippen LogP contribution in [-0.4, -0.2) is 11.8 Å². The summed E-state index contributed by atoms with van der Waals surface area (Å²) < 4.78 is 0. The Morgan fingerprint density at radius 2 is 2.11 bits per heavy atom. The predicted molar refractivity (Wildman–Crippen MR) is 37.4 cm³/mol. The van der Waals surface area contributed by atoms with Crippen LogP contribution in [0.4, 0.5) is 0 Å². The number of hydrazone groups is 1. The van der Waals surface area contributed by atoms with E-state index < -0.39 is 0 Å². The van der Waals surface area contributed by atoms with E-state index in [1.54, 1.807) is 0 Å². The number of nitrogens with one attached hydrogen (secondary N) is 1. The summed E-state index contributed by atoms with van der Waals surface area (Å²) in [5.74, 6) is 0. The highest BCUT2D eigenvalue weighted by molar-refractivity contribution is 5.88. The van der Waals surface area contributed by atoms with Crippen LogP contribution < -0.4 is 5.43 Å². The molecule has 2 aliphatic rings. The second kappa shape index (κ2) is 2.01. The minimum atomic E-state index is 0.734. The molecule has 2 aliphatic carbocycles. The molecule has 0 unspecified atom stereocenters. The molecule has 2 fully saturated rings. The summed E-state index contributed by atoms with van der Waals surface area (Å²) in [5, 5.41) is 4.26. The van der Waals surface area contributed by atoms with Crippen LogP contribution in [-0.2, 0) is 0 Å². The Bertz CT molecular complexity index is 130. The molecule has 0 aromatic carbocycles. The van der Waals surface area contributed by atoms with Gasteiger partial charge in [0.2, 0.25) is 0 Å². The zero-order valence-electron chi connectivity index (χ0n) is 5.56. The Balaban J connectivity index is 1.73. The second-order valence-electron chi connectivity index (χ2n) is 2.93. The van der Waals surface area contributed by atoms with Gasteiger partial charge in [-0.15, -0.1) is 0 Å². The summed E-state index contributed by atoms with van der Waals surface area (Å²) in [6, 6.07) is 0.734. The van der Waals surface area contributed by atoms with Crippen molar-refractivity contribution in [2.75, 3.05) is 0 Å². The quantitative estimate of drug-likeness (QED) is 0.551. The van der Waals surface area contributed by atoms with Crippen molar-refractivity contribution in [3.8, 4) is 0 Å². The van der Waals surface area contributed by atoms with Gasteiger partial charge >= 0.3 is 0 Å². The van der Waals surface area contributed by atoms with E-state index in [4.69, 9.17) is 0 Å². The Morgan fingerprint density at radius 3 is 2.56 bits per heavy atom. The molecule has 0 radical (unpaired) electrons. The number of hydrogen-bond acceptors (Lipinski definition) is 2. The van der Waals surface area contributed by atoms with E-state index in [1.807, 2.05) is 0 Å². The predicted octanol–water partition coefficient (Wildman–Crippen LogP) is 1.28. The van der Waals surface area contributed by atoms with Gasteiger partial charge in [0.05, 0.1) is 0 Å². The number of nitrogens with zero attached hydrogens (tertiary/aromatic N) is 1. The highest BCUT2D eigenvalue weighted by atomic mass is 15.3. The van der Waals surface area contributed by atoms with Gasteiger partial charge in [-0.25, -0.2) is 0 Å². The van der Waals surface area contributed by atoms with Crippen LogP contribution in [0.3, 0.4) is 0 Å². The lowest BCUT2D eigenvalue weighted by Gasteiger charge is -2.13. The van der Waals surface area contributed by atoms with Gasteiger partial charge in [-0.3, -0.25) is 0 Å². The first-order chi connectivity index (χ1) is 4.45. The highest BCUT2D eigenvalue weighted by Crippen LogP contribution is 2.20. The molecule has 0 atom stereocenters. The van der Waals surface area contributed by atoms with E-state index in [0.29, 0.717) is 0 Å². The van der Waals surface area contributed by atoms with Crippen molar-refractivity contribution >= 4 is 5.71 Å². The van der Waals surface area contributed by atoms with Crippen molar-refractivity contribution in [1.29, 1.82) is 0 Å².